The van der Waals surface area contributed by atoms with Gasteiger partial charge in [-0.15, -0.1) is 10.2 Å². The fraction of sp³-hybridized carbons (Fsp3) is 0.600. The topological polar surface area (TPSA) is 101 Å². The Kier molecular flexibility index (Phi) is 4.22. The molecule has 1 atom stereocenters. The lowest BCUT2D eigenvalue weighted by atomic mass is 10.1. The van der Waals surface area contributed by atoms with E-state index in [-0.39, 0.29) is 17.7 Å². The predicted molar refractivity (Wildman–Crippen MR) is 81.1 cm³/mol. The first-order valence-corrected chi connectivity index (χ1v) is 7.82. The molecule has 2 aliphatic rings. The van der Waals surface area contributed by atoms with Crippen molar-refractivity contribution in [2.75, 3.05) is 18.4 Å². The van der Waals surface area contributed by atoms with Crippen molar-refractivity contribution >= 4 is 17.6 Å². The highest BCUT2D eigenvalue weighted by Crippen LogP contribution is 2.28. The normalized spacial score (nSPS) is 22.0. The van der Waals surface area contributed by atoms with Crippen molar-refractivity contribution < 1.29 is 9.59 Å². The van der Waals surface area contributed by atoms with E-state index < -0.39 is 5.91 Å². The summed E-state index contributed by atoms with van der Waals surface area (Å²) in [6, 6.07) is 3.42. The molecule has 7 heteroatoms. The van der Waals surface area contributed by atoms with E-state index in [1.165, 1.54) is 12.8 Å². The minimum absolute atomic E-state index is 0.148. The van der Waals surface area contributed by atoms with Crippen molar-refractivity contribution in [2.24, 2.45) is 11.7 Å². The molecule has 1 aliphatic carbocycles. The first-order chi connectivity index (χ1) is 10.6. The summed E-state index contributed by atoms with van der Waals surface area (Å²) < 4.78 is 0. The molecule has 0 spiro atoms. The summed E-state index contributed by atoms with van der Waals surface area (Å²) in [5.74, 6) is 0.545. The van der Waals surface area contributed by atoms with Gasteiger partial charge >= 0.3 is 0 Å². The number of carbonyl (C=O) groups is 2. The van der Waals surface area contributed by atoms with Crippen LogP contribution in [0.25, 0.3) is 0 Å². The standard InChI is InChI=1S/C15H21N5O2/c16-14(21)12-5-6-13(19-18-12)17-11-7-8-20(9-11)15(22)10-3-1-2-4-10/h5-6,10-11H,1-4,7-9H2,(H2,16,21)(H,17,19). The number of rotatable bonds is 4. The van der Waals surface area contributed by atoms with E-state index in [1.807, 2.05) is 4.90 Å². The van der Waals surface area contributed by atoms with Crippen LogP contribution in [0.5, 0.6) is 0 Å². The Morgan fingerprint density at radius 3 is 2.59 bits per heavy atom. The number of nitrogens with one attached hydrogen (secondary N) is 1. The van der Waals surface area contributed by atoms with Crippen molar-refractivity contribution in [1.82, 2.24) is 15.1 Å². The highest BCUT2D eigenvalue weighted by Gasteiger charge is 2.32. The molecule has 1 aliphatic heterocycles. The third kappa shape index (κ3) is 3.18. The van der Waals surface area contributed by atoms with Gasteiger partial charge in [-0.05, 0) is 31.4 Å². The van der Waals surface area contributed by atoms with Crippen LogP contribution in [0.3, 0.4) is 0 Å². The lowest BCUT2D eigenvalue weighted by molar-refractivity contribution is -0.134. The molecule has 3 rings (SSSR count). The van der Waals surface area contributed by atoms with Gasteiger partial charge in [-0.2, -0.15) is 0 Å². The smallest absolute Gasteiger partial charge is 0.269 e. The molecule has 0 radical (unpaired) electrons. The second-order valence-corrected chi connectivity index (χ2v) is 6.06. The van der Waals surface area contributed by atoms with E-state index in [4.69, 9.17) is 5.73 Å². The van der Waals surface area contributed by atoms with Crippen molar-refractivity contribution in [3.05, 3.63) is 17.8 Å². The number of aromatic nitrogens is 2. The Morgan fingerprint density at radius 2 is 1.95 bits per heavy atom. The second-order valence-electron chi connectivity index (χ2n) is 6.06. The molecule has 0 bridgehead atoms. The SMILES string of the molecule is NC(=O)c1ccc(NC2CCN(C(=O)C3CCCC3)C2)nn1. The minimum Gasteiger partial charge on any atom is -0.364 e. The van der Waals surface area contributed by atoms with Crippen LogP contribution in [-0.2, 0) is 4.79 Å². The van der Waals surface area contributed by atoms with Crippen LogP contribution in [0.2, 0.25) is 0 Å². The number of nitrogens with two attached hydrogens (primary N) is 1. The molecule has 7 nitrogen and oxygen atoms in total. The van der Waals surface area contributed by atoms with Gasteiger partial charge in [-0.3, -0.25) is 9.59 Å². The van der Waals surface area contributed by atoms with E-state index >= 15 is 0 Å². The van der Waals surface area contributed by atoms with Gasteiger partial charge in [-0.1, -0.05) is 12.8 Å². The maximum atomic E-state index is 12.4. The summed E-state index contributed by atoms with van der Waals surface area (Å²) in [5, 5.41) is 11.0. The summed E-state index contributed by atoms with van der Waals surface area (Å²) in [6.45, 7) is 1.49. The molecule has 22 heavy (non-hydrogen) atoms. The van der Waals surface area contributed by atoms with E-state index in [2.05, 4.69) is 15.5 Å². The second kappa shape index (κ2) is 6.29. The van der Waals surface area contributed by atoms with Crippen LogP contribution in [0.4, 0.5) is 5.82 Å². The Bertz CT molecular complexity index is 554. The number of nitrogens with zero attached hydrogens (tertiary/aromatic N) is 3. The summed E-state index contributed by atoms with van der Waals surface area (Å²) in [6.07, 6.45) is 5.32. The van der Waals surface area contributed by atoms with E-state index in [0.717, 1.165) is 25.8 Å². The van der Waals surface area contributed by atoms with Crippen LogP contribution < -0.4 is 11.1 Å². The molecule has 118 valence electrons. The van der Waals surface area contributed by atoms with Gasteiger partial charge in [0.05, 0.1) is 0 Å². The fourth-order valence-corrected chi connectivity index (χ4v) is 3.26. The predicted octanol–water partition coefficient (Wildman–Crippen LogP) is 0.778. The number of likely N-dealkylation sites (tertiary alicyclic amines) is 1. The minimum atomic E-state index is -0.590. The molecular weight excluding hydrogens is 282 g/mol. The van der Waals surface area contributed by atoms with Crippen LogP contribution in [0.1, 0.15) is 42.6 Å². The third-order valence-electron chi connectivity index (χ3n) is 4.47. The van der Waals surface area contributed by atoms with Gasteiger partial charge in [0.1, 0.15) is 5.82 Å². The Labute approximate surface area is 129 Å². The van der Waals surface area contributed by atoms with Crippen LogP contribution in [0, 0.1) is 5.92 Å². The molecule has 1 saturated heterocycles. The Balaban J connectivity index is 1.54. The fourth-order valence-electron chi connectivity index (χ4n) is 3.26. The quantitative estimate of drug-likeness (QED) is 0.856. The molecule has 0 aromatic carbocycles. The van der Waals surface area contributed by atoms with Crippen LogP contribution in [0.15, 0.2) is 12.1 Å². The first-order valence-electron chi connectivity index (χ1n) is 7.82. The van der Waals surface area contributed by atoms with Gasteiger partial charge in [-0.25, -0.2) is 0 Å². The molecule has 3 N–H and O–H groups in total. The van der Waals surface area contributed by atoms with Crippen LogP contribution in [-0.4, -0.2) is 46.0 Å². The average molecular weight is 303 g/mol. The molecule has 1 unspecified atom stereocenters. The molecule has 1 saturated carbocycles. The van der Waals surface area contributed by atoms with E-state index in [0.29, 0.717) is 18.3 Å². The van der Waals surface area contributed by atoms with Gasteiger partial charge < -0.3 is 16.0 Å². The summed E-state index contributed by atoms with van der Waals surface area (Å²) >= 11 is 0. The highest BCUT2D eigenvalue weighted by atomic mass is 16.2. The zero-order valence-electron chi connectivity index (χ0n) is 12.5. The van der Waals surface area contributed by atoms with Gasteiger partial charge in [0.15, 0.2) is 5.69 Å². The largest absolute Gasteiger partial charge is 0.364 e. The lowest BCUT2D eigenvalue weighted by Gasteiger charge is -2.20. The number of primary amides is 1. The molecule has 2 fully saturated rings. The van der Waals surface area contributed by atoms with E-state index in [1.54, 1.807) is 12.1 Å². The molecular formula is C15H21N5O2. The van der Waals surface area contributed by atoms with Crippen molar-refractivity contribution in [3.63, 3.8) is 0 Å². The van der Waals surface area contributed by atoms with Gasteiger partial charge in [0, 0.05) is 25.0 Å². The van der Waals surface area contributed by atoms with Gasteiger partial charge in [0.25, 0.3) is 5.91 Å². The zero-order chi connectivity index (χ0) is 15.5. The Hall–Kier alpha value is -2.18. The van der Waals surface area contributed by atoms with Gasteiger partial charge in [0.2, 0.25) is 5.91 Å². The average Bonchev–Trinajstić information content (AvgIpc) is 3.19. The summed E-state index contributed by atoms with van der Waals surface area (Å²) in [5.41, 5.74) is 5.28. The van der Waals surface area contributed by atoms with Crippen LogP contribution >= 0.6 is 0 Å². The maximum Gasteiger partial charge on any atom is 0.269 e. The molecule has 1 aromatic heterocycles. The molecule has 2 amide bonds. The Morgan fingerprint density at radius 1 is 1.18 bits per heavy atom. The third-order valence-corrected chi connectivity index (χ3v) is 4.47. The first kappa shape index (κ1) is 14.7. The maximum absolute atomic E-state index is 12.4. The van der Waals surface area contributed by atoms with E-state index in [9.17, 15) is 9.59 Å². The number of amides is 2. The monoisotopic (exact) mass is 303 g/mol. The number of hydrogen-bond donors (Lipinski definition) is 2. The summed E-state index contributed by atoms with van der Waals surface area (Å²) in [7, 11) is 0. The lowest BCUT2D eigenvalue weighted by Crippen LogP contribution is -2.35. The number of carbonyl (C=O) groups excluding carboxylic acids is 2. The van der Waals surface area contributed by atoms with Crippen molar-refractivity contribution in [1.29, 1.82) is 0 Å². The molecule has 2 heterocycles. The number of hydrogen-bond acceptors (Lipinski definition) is 5. The number of anilines is 1. The molecule has 1 aromatic rings. The highest BCUT2D eigenvalue weighted by molar-refractivity contribution is 5.90. The zero-order valence-corrected chi connectivity index (χ0v) is 12.5. The van der Waals surface area contributed by atoms with Crippen molar-refractivity contribution in [3.8, 4) is 0 Å². The van der Waals surface area contributed by atoms with Crippen molar-refractivity contribution in [2.45, 2.75) is 38.1 Å². The summed E-state index contributed by atoms with van der Waals surface area (Å²) in [4.78, 5) is 25.3.